The Morgan fingerprint density at radius 1 is 1.14 bits per heavy atom. The van der Waals surface area contributed by atoms with E-state index in [1.807, 2.05) is 0 Å². The minimum atomic E-state index is -3.93. The molecule has 0 fully saturated rings. The number of benzene rings is 2. The zero-order chi connectivity index (χ0) is 16.2. The summed E-state index contributed by atoms with van der Waals surface area (Å²) in [6.07, 6.45) is 0. The third kappa shape index (κ3) is 3.71. The number of rotatable bonds is 6. The van der Waals surface area contributed by atoms with E-state index in [-0.39, 0.29) is 18.1 Å². The van der Waals surface area contributed by atoms with Crippen LogP contribution in [0.4, 0.5) is 4.39 Å². The van der Waals surface area contributed by atoms with Crippen molar-refractivity contribution in [1.29, 1.82) is 0 Å². The van der Waals surface area contributed by atoms with Crippen molar-refractivity contribution in [3.8, 4) is 0 Å². The fourth-order valence-electron chi connectivity index (χ4n) is 1.95. The number of aliphatic hydroxyl groups is 1. The molecule has 0 saturated heterocycles. The zero-order valence-corrected chi connectivity index (χ0v) is 12.9. The van der Waals surface area contributed by atoms with Crippen molar-refractivity contribution in [2.24, 2.45) is 0 Å². The molecule has 118 valence electrons. The third-order valence-corrected chi connectivity index (χ3v) is 4.71. The molecule has 0 radical (unpaired) electrons. The average Bonchev–Trinajstić information content (AvgIpc) is 2.53. The Hall–Kier alpha value is -1.76. The predicted molar refractivity (Wildman–Crippen MR) is 80.4 cm³/mol. The first-order valence-corrected chi connectivity index (χ1v) is 8.10. The van der Waals surface area contributed by atoms with Crippen LogP contribution in [-0.2, 0) is 19.7 Å². The van der Waals surface area contributed by atoms with Crippen LogP contribution in [0.2, 0.25) is 0 Å². The summed E-state index contributed by atoms with van der Waals surface area (Å²) >= 11 is 0. The Kier molecular flexibility index (Phi) is 4.95. The smallest absolute Gasteiger partial charge is 0.297 e. The monoisotopic (exact) mass is 324 g/mol. The van der Waals surface area contributed by atoms with Gasteiger partial charge in [0.1, 0.15) is 5.82 Å². The quantitative estimate of drug-likeness (QED) is 0.829. The third-order valence-electron chi connectivity index (χ3n) is 3.44. The molecule has 6 heteroatoms. The minimum absolute atomic E-state index is 0.0366. The first-order valence-electron chi connectivity index (χ1n) is 6.69. The van der Waals surface area contributed by atoms with E-state index >= 15 is 0 Å². The van der Waals surface area contributed by atoms with E-state index in [4.69, 9.17) is 4.18 Å². The number of halogens is 1. The van der Waals surface area contributed by atoms with Crippen molar-refractivity contribution in [2.75, 3.05) is 13.2 Å². The van der Waals surface area contributed by atoms with E-state index in [0.717, 1.165) is 0 Å². The maximum Gasteiger partial charge on any atom is 0.297 e. The van der Waals surface area contributed by atoms with Gasteiger partial charge in [-0.1, -0.05) is 37.3 Å². The van der Waals surface area contributed by atoms with Gasteiger partial charge in [-0.25, -0.2) is 4.39 Å². The molecule has 0 aliphatic carbocycles. The largest absolute Gasteiger partial charge is 0.395 e. The van der Waals surface area contributed by atoms with Gasteiger partial charge in [-0.3, -0.25) is 4.18 Å². The summed E-state index contributed by atoms with van der Waals surface area (Å²) in [6.45, 7) is 0.952. The standard InChI is InChI=1S/C16H17FO4S/c1-16(11-18,13-6-5-7-14(17)10-13)12-21-22(19,20)15-8-3-2-4-9-15/h2-10,18H,11-12H2,1H3/t16-/m1/s1. The van der Waals surface area contributed by atoms with E-state index in [2.05, 4.69) is 0 Å². The average molecular weight is 324 g/mol. The molecular formula is C16H17FO4S. The molecule has 1 N–H and O–H groups in total. The van der Waals surface area contributed by atoms with Crippen LogP contribution < -0.4 is 0 Å². The van der Waals surface area contributed by atoms with Crippen LogP contribution in [-0.4, -0.2) is 26.7 Å². The molecular weight excluding hydrogens is 307 g/mol. The van der Waals surface area contributed by atoms with Gasteiger partial charge in [-0.15, -0.1) is 0 Å². The Bertz CT molecular complexity index is 731. The van der Waals surface area contributed by atoms with Gasteiger partial charge in [-0.05, 0) is 29.8 Å². The molecule has 22 heavy (non-hydrogen) atoms. The van der Waals surface area contributed by atoms with Gasteiger partial charge >= 0.3 is 0 Å². The van der Waals surface area contributed by atoms with Crippen molar-refractivity contribution >= 4 is 10.1 Å². The van der Waals surface area contributed by atoms with Crippen LogP contribution in [0.5, 0.6) is 0 Å². The molecule has 2 aromatic carbocycles. The normalized spacial score (nSPS) is 14.5. The van der Waals surface area contributed by atoms with Crippen molar-refractivity contribution in [1.82, 2.24) is 0 Å². The Morgan fingerprint density at radius 2 is 1.82 bits per heavy atom. The topological polar surface area (TPSA) is 63.6 Å². The second-order valence-corrected chi connectivity index (χ2v) is 6.87. The van der Waals surface area contributed by atoms with Crippen molar-refractivity contribution in [3.63, 3.8) is 0 Å². The Morgan fingerprint density at radius 3 is 2.41 bits per heavy atom. The lowest BCUT2D eigenvalue weighted by atomic mass is 9.84. The SMILES string of the molecule is C[C@@](CO)(COS(=O)(=O)c1ccccc1)c1cccc(F)c1. The van der Waals surface area contributed by atoms with Gasteiger partial charge in [0.2, 0.25) is 0 Å². The predicted octanol–water partition coefficient (Wildman–Crippen LogP) is 2.48. The molecule has 0 aliphatic rings. The van der Waals surface area contributed by atoms with Gasteiger partial charge in [0.25, 0.3) is 10.1 Å². The van der Waals surface area contributed by atoms with E-state index in [9.17, 15) is 17.9 Å². The zero-order valence-electron chi connectivity index (χ0n) is 12.1. The molecule has 0 unspecified atom stereocenters. The van der Waals surface area contributed by atoms with Crippen LogP contribution in [0.1, 0.15) is 12.5 Å². The molecule has 4 nitrogen and oxygen atoms in total. The van der Waals surface area contributed by atoms with Crippen molar-refractivity contribution in [2.45, 2.75) is 17.2 Å². The second kappa shape index (κ2) is 6.56. The van der Waals surface area contributed by atoms with Gasteiger partial charge in [0, 0.05) is 5.41 Å². The van der Waals surface area contributed by atoms with Crippen LogP contribution >= 0.6 is 0 Å². The summed E-state index contributed by atoms with van der Waals surface area (Å²) in [5, 5.41) is 9.60. The second-order valence-electron chi connectivity index (χ2n) is 5.26. The molecule has 2 rings (SSSR count). The summed E-state index contributed by atoms with van der Waals surface area (Å²) in [6, 6.07) is 13.4. The van der Waals surface area contributed by atoms with Crippen molar-refractivity contribution < 1.29 is 22.1 Å². The van der Waals surface area contributed by atoms with Gasteiger partial charge < -0.3 is 5.11 Å². The Labute approximate surface area is 129 Å². The fraction of sp³-hybridized carbons (Fsp3) is 0.250. The van der Waals surface area contributed by atoms with E-state index in [0.29, 0.717) is 5.56 Å². The highest BCUT2D eigenvalue weighted by molar-refractivity contribution is 7.86. The minimum Gasteiger partial charge on any atom is -0.395 e. The summed E-state index contributed by atoms with van der Waals surface area (Å²) in [5.41, 5.74) is -0.553. The molecule has 1 atom stereocenters. The number of aliphatic hydroxyl groups excluding tert-OH is 1. The van der Waals surface area contributed by atoms with E-state index in [1.54, 1.807) is 31.2 Å². The molecule has 0 saturated carbocycles. The molecule has 0 spiro atoms. The number of hydrogen-bond donors (Lipinski definition) is 1. The van der Waals surface area contributed by atoms with Gasteiger partial charge in [0.15, 0.2) is 0 Å². The van der Waals surface area contributed by atoms with Crippen LogP contribution in [0.15, 0.2) is 59.5 Å². The molecule has 0 aromatic heterocycles. The number of hydrogen-bond acceptors (Lipinski definition) is 4. The van der Waals surface area contributed by atoms with Gasteiger partial charge in [-0.2, -0.15) is 8.42 Å². The highest BCUT2D eigenvalue weighted by Crippen LogP contribution is 2.26. The first-order chi connectivity index (χ1) is 10.4. The highest BCUT2D eigenvalue weighted by atomic mass is 32.2. The highest BCUT2D eigenvalue weighted by Gasteiger charge is 2.30. The molecule has 0 heterocycles. The Balaban J connectivity index is 2.21. The maximum absolute atomic E-state index is 13.3. The fourth-order valence-corrected chi connectivity index (χ4v) is 2.99. The summed E-state index contributed by atoms with van der Waals surface area (Å²) in [5.74, 6) is -0.455. The van der Waals surface area contributed by atoms with Crippen LogP contribution in [0.3, 0.4) is 0 Å². The lowest BCUT2D eigenvalue weighted by Gasteiger charge is -2.27. The first kappa shape index (κ1) is 16.6. The van der Waals surface area contributed by atoms with Gasteiger partial charge in [0.05, 0.1) is 18.1 Å². The van der Waals surface area contributed by atoms with Crippen LogP contribution in [0.25, 0.3) is 0 Å². The van der Waals surface area contributed by atoms with E-state index in [1.165, 1.54) is 30.3 Å². The summed E-state index contributed by atoms with van der Waals surface area (Å²) in [7, 11) is -3.93. The molecule has 2 aromatic rings. The van der Waals surface area contributed by atoms with Crippen LogP contribution in [0, 0.1) is 5.82 Å². The molecule has 0 aliphatic heterocycles. The molecule has 0 amide bonds. The molecule has 0 bridgehead atoms. The summed E-state index contributed by atoms with van der Waals surface area (Å²) < 4.78 is 42.6. The lowest BCUT2D eigenvalue weighted by molar-refractivity contribution is 0.145. The maximum atomic E-state index is 13.3. The summed E-state index contributed by atoms with van der Waals surface area (Å²) in [4.78, 5) is 0.0366. The lowest BCUT2D eigenvalue weighted by Crippen LogP contribution is -2.33. The van der Waals surface area contributed by atoms with E-state index < -0.39 is 21.4 Å². The van der Waals surface area contributed by atoms with Crippen molar-refractivity contribution in [3.05, 3.63) is 66.0 Å².